The van der Waals surface area contributed by atoms with Crippen molar-refractivity contribution in [3.8, 4) is 10.8 Å². The van der Waals surface area contributed by atoms with Gasteiger partial charge in [-0.05, 0) is 31.9 Å². The Morgan fingerprint density at radius 2 is 2.23 bits per heavy atom. The zero-order valence-electron chi connectivity index (χ0n) is 12.0. The highest BCUT2D eigenvalue weighted by molar-refractivity contribution is 7.13. The van der Waals surface area contributed by atoms with Crippen molar-refractivity contribution in [3.05, 3.63) is 29.0 Å². The quantitative estimate of drug-likeness (QED) is 0.881. The molecule has 116 valence electrons. The van der Waals surface area contributed by atoms with Crippen molar-refractivity contribution < 1.29 is 19.1 Å². The molecule has 2 aromatic rings. The highest BCUT2D eigenvalue weighted by Crippen LogP contribution is 2.28. The van der Waals surface area contributed by atoms with Crippen LogP contribution in [0.5, 0.6) is 0 Å². The van der Waals surface area contributed by atoms with Gasteiger partial charge in [-0.15, -0.1) is 11.3 Å². The molecule has 0 atom stereocenters. The molecular weight excluding hydrogens is 304 g/mol. The number of nitrogens with zero attached hydrogens (tertiary/aromatic N) is 1. The number of rotatable bonds is 5. The average molecular weight is 320 g/mol. The van der Waals surface area contributed by atoms with Gasteiger partial charge in [-0.2, -0.15) is 0 Å². The van der Waals surface area contributed by atoms with E-state index in [0.29, 0.717) is 24.3 Å². The van der Waals surface area contributed by atoms with Gasteiger partial charge in [0.2, 0.25) is 5.91 Å². The first kappa shape index (κ1) is 14.8. The molecule has 2 N–H and O–H groups in total. The van der Waals surface area contributed by atoms with Crippen LogP contribution in [-0.2, 0) is 16.0 Å². The van der Waals surface area contributed by atoms with Gasteiger partial charge in [-0.25, -0.2) is 4.98 Å². The van der Waals surface area contributed by atoms with Crippen LogP contribution in [-0.4, -0.2) is 28.0 Å². The molecule has 2 heterocycles. The fraction of sp³-hybridized carbons (Fsp3) is 0.400. The van der Waals surface area contributed by atoms with E-state index in [1.807, 2.05) is 24.4 Å². The van der Waals surface area contributed by atoms with E-state index in [1.165, 1.54) is 11.3 Å². The van der Waals surface area contributed by atoms with Gasteiger partial charge < -0.3 is 14.8 Å². The molecule has 3 rings (SSSR count). The number of hydrogen-bond donors (Lipinski definition) is 2. The van der Waals surface area contributed by atoms with E-state index in [2.05, 4.69) is 10.3 Å². The van der Waals surface area contributed by atoms with E-state index in [0.717, 1.165) is 10.8 Å². The first-order chi connectivity index (χ1) is 10.5. The van der Waals surface area contributed by atoms with Crippen LogP contribution in [0.2, 0.25) is 0 Å². The molecule has 2 aromatic heterocycles. The van der Waals surface area contributed by atoms with Gasteiger partial charge in [-0.3, -0.25) is 9.59 Å². The SMILES string of the molecule is Cc1ccc(-c2nc(CC(=O)NC3CC(C(=O)O)C3)cs2)o1. The van der Waals surface area contributed by atoms with E-state index >= 15 is 0 Å². The summed E-state index contributed by atoms with van der Waals surface area (Å²) in [6.45, 7) is 1.87. The Labute approximate surface area is 131 Å². The second-order valence-corrected chi connectivity index (χ2v) is 6.36. The maximum absolute atomic E-state index is 11.9. The molecular formula is C15H16N2O4S. The largest absolute Gasteiger partial charge is 0.481 e. The smallest absolute Gasteiger partial charge is 0.306 e. The highest BCUT2D eigenvalue weighted by atomic mass is 32.1. The number of aryl methyl sites for hydroxylation is 1. The Balaban J connectivity index is 1.52. The average Bonchev–Trinajstić information content (AvgIpc) is 3.01. The van der Waals surface area contributed by atoms with Gasteiger partial charge in [0.15, 0.2) is 10.8 Å². The zero-order chi connectivity index (χ0) is 15.7. The summed E-state index contributed by atoms with van der Waals surface area (Å²) in [5.74, 6) is 0.294. The maximum atomic E-state index is 11.9. The summed E-state index contributed by atoms with van der Waals surface area (Å²) in [5.41, 5.74) is 0.695. The Morgan fingerprint density at radius 1 is 1.45 bits per heavy atom. The van der Waals surface area contributed by atoms with Crippen LogP contribution < -0.4 is 5.32 Å². The fourth-order valence-electron chi connectivity index (χ4n) is 2.43. The third kappa shape index (κ3) is 3.19. The van der Waals surface area contributed by atoms with Gasteiger partial charge in [0.25, 0.3) is 0 Å². The topological polar surface area (TPSA) is 92.4 Å². The normalized spacial score (nSPS) is 20.4. The minimum Gasteiger partial charge on any atom is -0.481 e. The molecule has 1 aliphatic rings. The summed E-state index contributed by atoms with van der Waals surface area (Å²) in [7, 11) is 0. The molecule has 0 aliphatic heterocycles. The number of carboxylic acids is 1. The van der Waals surface area contributed by atoms with Crippen LogP contribution in [0.3, 0.4) is 0 Å². The second kappa shape index (κ2) is 5.92. The molecule has 0 unspecified atom stereocenters. The second-order valence-electron chi connectivity index (χ2n) is 5.50. The maximum Gasteiger partial charge on any atom is 0.306 e. The molecule has 1 amide bonds. The van der Waals surface area contributed by atoms with Crippen molar-refractivity contribution >= 4 is 23.2 Å². The summed E-state index contributed by atoms with van der Waals surface area (Å²) in [6.07, 6.45) is 1.22. The van der Waals surface area contributed by atoms with Crippen LogP contribution in [0.15, 0.2) is 21.9 Å². The predicted molar refractivity (Wildman–Crippen MR) is 80.5 cm³/mol. The lowest BCUT2D eigenvalue weighted by Crippen LogP contribution is -2.47. The summed E-state index contributed by atoms with van der Waals surface area (Å²) in [4.78, 5) is 27.0. The molecule has 0 radical (unpaired) electrons. The van der Waals surface area contributed by atoms with Crippen molar-refractivity contribution in [2.45, 2.75) is 32.2 Å². The molecule has 0 saturated heterocycles. The molecule has 1 fully saturated rings. The first-order valence-electron chi connectivity index (χ1n) is 7.04. The molecule has 0 aromatic carbocycles. The number of aliphatic carboxylic acids is 1. The molecule has 22 heavy (non-hydrogen) atoms. The Morgan fingerprint density at radius 3 is 2.86 bits per heavy atom. The van der Waals surface area contributed by atoms with Crippen LogP contribution in [0.1, 0.15) is 24.3 Å². The van der Waals surface area contributed by atoms with Gasteiger partial charge in [-0.1, -0.05) is 0 Å². The van der Waals surface area contributed by atoms with E-state index in [-0.39, 0.29) is 24.3 Å². The standard InChI is InChI=1S/C15H16N2O4S/c1-8-2-3-12(21-8)14-17-11(7-22-14)6-13(18)16-10-4-9(5-10)15(19)20/h2-3,7,9-10H,4-6H2,1H3,(H,16,18)(H,19,20). The van der Waals surface area contributed by atoms with Gasteiger partial charge in [0, 0.05) is 11.4 Å². The Hall–Kier alpha value is -2.15. The molecule has 0 spiro atoms. The number of aromatic nitrogens is 1. The van der Waals surface area contributed by atoms with Crippen molar-refractivity contribution in [2.24, 2.45) is 5.92 Å². The lowest BCUT2D eigenvalue weighted by Gasteiger charge is -2.32. The van der Waals surface area contributed by atoms with E-state index in [9.17, 15) is 9.59 Å². The third-order valence-electron chi connectivity index (χ3n) is 3.70. The minimum absolute atomic E-state index is 0.0283. The summed E-state index contributed by atoms with van der Waals surface area (Å²) in [6, 6.07) is 3.70. The van der Waals surface area contributed by atoms with Gasteiger partial charge in [0.1, 0.15) is 5.76 Å². The first-order valence-corrected chi connectivity index (χ1v) is 7.92. The number of carbonyl (C=O) groups excluding carboxylic acids is 1. The number of thiazole rings is 1. The minimum atomic E-state index is -0.789. The molecule has 7 heteroatoms. The number of furan rings is 1. The molecule has 6 nitrogen and oxygen atoms in total. The van der Waals surface area contributed by atoms with E-state index in [4.69, 9.17) is 9.52 Å². The number of nitrogens with one attached hydrogen (secondary N) is 1. The fourth-order valence-corrected chi connectivity index (χ4v) is 3.21. The summed E-state index contributed by atoms with van der Waals surface area (Å²) in [5, 5.41) is 14.2. The number of carboxylic acid groups (broad SMARTS) is 1. The van der Waals surface area contributed by atoms with Gasteiger partial charge >= 0.3 is 5.97 Å². The predicted octanol–water partition coefficient (Wildman–Crippen LogP) is 2.23. The third-order valence-corrected chi connectivity index (χ3v) is 4.60. The van der Waals surface area contributed by atoms with Crippen molar-refractivity contribution in [2.75, 3.05) is 0 Å². The number of hydrogen-bond acceptors (Lipinski definition) is 5. The zero-order valence-corrected chi connectivity index (χ0v) is 12.9. The summed E-state index contributed by atoms with van der Waals surface area (Å²) < 4.78 is 5.50. The van der Waals surface area contributed by atoms with Crippen molar-refractivity contribution in [1.82, 2.24) is 10.3 Å². The lowest BCUT2D eigenvalue weighted by molar-refractivity contribution is -0.146. The van der Waals surface area contributed by atoms with Crippen molar-refractivity contribution in [3.63, 3.8) is 0 Å². The number of amides is 1. The van der Waals surface area contributed by atoms with Crippen LogP contribution in [0.25, 0.3) is 10.8 Å². The van der Waals surface area contributed by atoms with Crippen LogP contribution >= 0.6 is 11.3 Å². The number of carbonyl (C=O) groups is 2. The monoisotopic (exact) mass is 320 g/mol. The molecule has 0 bridgehead atoms. The van der Waals surface area contributed by atoms with Crippen molar-refractivity contribution in [1.29, 1.82) is 0 Å². The van der Waals surface area contributed by atoms with Crippen LogP contribution in [0.4, 0.5) is 0 Å². The Bertz CT molecular complexity index is 700. The van der Waals surface area contributed by atoms with E-state index in [1.54, 1.807) is 0 Å². The van der Waals surface area contributed by atoms with Crippen LogP contribution in [0, 0.1) is 12.8 Å². The van der Waals surface area contributed by atoms with Gasteiger partial charge in [0.05, 0.1) is 18.0 Å². The van der Waals surface area contributed by atoms with E-state index < -0.39 is 5.97 Å². The highest BCUT2D eigenvalue weighted by Gasteiger charge is 2.35. The lowest BCUT2D eigenvalue weighted by atomic mass is 9.80. The molecule has 1 saturated carbocycles. The Kier molecular flexibility index (Phi) is 3.98. The molecule has 1 aliphatic carbocycles. The summed E-state index contributed by atoms with van der Waals surface area (Å²) >= 11 is 1.44.